The summed E-state index contributed by atoms with van der Waals surface area (Å²) in [5, 5.41) is 8.64. The number of nitriles is 1. The summed E-state index contributed by atoms with van der Waals surface area (Å²) in [6.45, 7) is 2.45. The van der Waals surface area contributed by atoms with E-state index in [1.54, 1.807) is 18.3 Å². The normalized spacial score (nSPS) is 9.65. The van der Waals surface area contributed by atoms with E-state index in [0.717, 1.165) is 11.4 Å². The van der Waals surface area contributed by atoms with Gasteiger partial charge in [-0.25, -0.2) is 0 Å². The van der Waals surface area contributed by atoms with E-state index in [1.165, 1.54) is 5.56 Å². The second kappa shape index (κ2) is 5.13. The van der Waals surface area contributed by atoms with Crippen molar-refractivity contribution in [3.8, 4) is 11.8 Å². The molecule has 0 aliphatic rings. The van der Waals surface area contributed by atoms with E-state index in [2.05, 4.69) is 4.98 Å². The Morgan fingerprint density at radius 3 is 2.53 bits per heavy atom. The zero-order valence-corrected chi connectivity index (χ0v) is 9.55. The largest absolute Gasteiger partial charge is 0.487 e. The van der Waals surface area contributed by atoms with Crippen LogP contribution >= 0.6 is 0 Å². The van der Waals surface area contributed by atoms with Gasteiger partial charge < -0.3 is 4.74 Å². The number of pyridine rings is 1. The van der Waals surface area contributed by atoms with Crippen molar-refractivity contribution in [1.29, 1.82) is 5.26 Å². The molecular formula is C14H12N2O. The van der Waals surface area contributed by atoms with Crippen molar-refractivity contribution in [2.75, 3.05) is 0 Å². The summed E-state index contributed by atoms with van der Waals surface area (Å²) in [7, 11) is 0. The molecule has 0 aliphatic carbocycles. The van der Waals surface area contributed by atoms with Crippen LogP contribution in [-0.4, -0.2) is 4.98 Å². The Balaban J connectivity index is 1.98. The predicted octanol–water partition coefficient (Wildman–Crippen LogP) is 2.84. The smallest absolute Gasteiger partial charge is 0.130 e. The number of benzene rings is 1. The molecule has 1 aromatic carbocycles. The number of aryl methyl sites for hydroxylation is 1. The van der Waals surface area contributed by atoms with Gasteiger partial charge in [-0.2, -0.15) is 5.26 Å². The summed E-state index contributed by atoms with van der Waals surface area (Å²) in [5.74, 6) is 0.821. The van der Waals surface area contributed by atoms with Crippen molar-refractivity contribution in [2.45, 2.75) is 13.5 Å². The Kier molecular flexibility index (Phi) is 3.37. The minimum atomic E-state index is 0.411. The summed E-state index contributed by atoms with van der Waals surface area (Å²) in [6, 6.07) is 13.4. The van der Waals surface area contributed by atoms with Crippen LogP contribution in [0.5, 0.6) is 5.75 Å². The molecular weight excluding hydrogens is 212 g/mol. The number of aromatic nitrogens is 1. The summed E-state index contributed by atoms with van der Waals surface area (Å²) in [6.07, 6.45) is 1.55. The van der Waals surface area contributed by atoms with Gasteiger partial charge in [0.1, 0.15) is 18.4 Å². The van der Waals surface area contributed by atoms with Crippen LogP contribution in [0.1, 0.15) is 16.8 Å². The zero-order valence-electron chi connectivity index (χ0n) is 9.55. The van der Waals surface area contributed by atoms with Crippen molar-refractivity contribution < 1.29 is 4.74 Å². The van der Waals surface area contributed by atoms with Gasteiger partial charge in [0.25, 0.3) is 0 Å². The van der Waals surface area contributed by atoms with E-state index in [0.29, 0.717) is 12.2 Å². The Bertz CT molecular complexity index is 524. The molecule has 0 spiro atoms. The fourth-order valence-electron chi connectivity index (χ4n) is 1.37. The Morgan fingerprint density at radius 2 is 1.94 bits per heavy atom. The van der Waals surface area contributed by atoms with Crippen molar-refractivity contribution in [3.63, 3.8) is 0 Å². The number of rotatable bonds is 3. The van der Waals surface area contributed by atoms with Gasteiger partial charge >= 0.3 is 0 Å². The molecule has 1 heterocycles. The standard InChI is InChI=1S/C14H12N2O/c1-11-2-6-14(7-3-11)17-10-13-5-4-12(8-15)9-16-13/h2-7,9H,10H2,1H3. The maximum atomic E-state index is 8.64. The number of ether oxygens (including phenoxy) is 1. The first-order valence-corrected chi connectivity index (χ1v) is 5.32. The Labute approximate surface area is 100 Å². The van der Waals surface area contributed by atoms with Gasteiger partial charge in [0.15, 0.2) is 0 Å². The van der Waals surface area contributed by atoms with Crippen molar-refractivity contribution >= 4 is 0 Å². The molecule has 0 saturated heterocycles. The van der Waals surface area contributed by atoms with Crippen molar-refractivity contribution in [1.82, 2.24) is 4.98 Å². The van der Waals surface area contributed by atoms with Crippen LogP contribution in [0.3, 0.4) is 0 Å². The molecule has 0 radical (unpaired) electrons. The van der Waals surface area contributed by atoms with Crippen LogP contribution in [0.4, 0.5) is 0 Å². The van der Waals surface area contributed by atoms with Gasteiger partial charge in [-0.05, 0) is 31.2 Å². The molecule has 0 amide bonds. The maximum Gasteiger partial charge on any atom is 0.130 e. The molecule has 0 N–H and O–H groups in total. The molecule has 3 heteroatoms. The average molecular weight is 224 g/mol. The van der Waals surface area contributed by atoms with Crippen molar-refractivity contribution in [3.05, 3.63) is 59.4 Å². The van der Waals surface area contributed by atoms with Crippen molar-refractivity contribution in [2.24, 2.45) is 0 Å². The highest BCUT2D eigenvalue weighted by Gasteiger charge is 1.97. The lowest BCUT2D eigenvalue weighted by molar-refractivity contribution is 0.301. The average Bonchev–Trinajstić information content (AvgIpc) is 2.39. The van der Waals surface area contributed by atoms with E-state index < -0.39 is 0 Å². The first-order valence-electron chi connectivity index (χ1n) is 5.32. The molecule has 0 unspecified atom stereocenters. The van der Waals surface area contributed by atoms with Gasteiger partial charge in [-0.1, -0.05) is 17.7 Å². The molecule has 17 heavy (non-hydrogen) atoms. The van der Waals surface area contributed by atoms with E-state index in [-0.39, 0.29) is 0 Å². The van der Waals surface area contributed by atoms with Gasteiger partial charge in [-0.15, -0.1) is 0 Å². The highest BCUT2D eigenvalue weighted by Crippen LogP contribution is 2.13. The molecule has 0 aliphatic heterocycles. The summed E-state index contributed by atoms with van der Waals surface area (Å²) >= 11 is 0. The lowest BCUT2D eigenvalue weighted by atomic mass is 10.2. The molecule has 2 rings (SSSR count). The van der Waals surface area contributed by atoms with Crippen LogP contribution in [0.2, 0.25) is 0 Å². The van der Waals surface area contributed by atoms with E-state index in [4.69, 9.17) is 10.00 Å². The first kappa shape index (κ1) is 11.2. The monoisotopic (exact) mass is 224 g/mol. The van der Waals surface area contributed by atoms with Gasteiger partial charge in [0, 0.05) is 6.20 Å². The fourth-order valence-corrected chi connectivity index (χ4v) is 1.37. The zero-order chi connectivity index (χ0) is 12.1. The first-order chi connectivity index (χ1) is 8.28. The molecule has 0 saturated carbocycles. The van der Waals surface area contributed by atoms with Crippen LogP contribution in [0.15, 0.2) is 42.6 Å². The third kappa shape index (κ3) is 3.05. The van der Waals surface area contributed by atoms with Crippen LogP contribution in [0, 0.1) is 18.3 Å². The summed E-state index contributed by atoms with van der Waals surface area (Å²) < 4.78 is 5.58. The Morgan fingerprint density at radius 1 is 1.18 bits per heavy atom. The van der Waals surface area contributed by atoms with Gasteiger partial charge in [0.05, 0.1) is 11.3 Å². The van der Waals surface area contributed by atoms with Crippen LogP contribution in [-0.2, 0) is 6.61 Å². The molecule has 0 fully saturated rings. The lowest BCUT2D eigenvalue weighted by Crippen LogP contribution is -1.98. The van der Waals surface area contributed by atoms with Gasteiger partial charge in [0.2, 0.25) is 0 Å². The molecule has 1 aromatic heterocycles. The molecule has 3 nitrogen and oxygen atoms in total. The third-order valence-corrected chi connectivity index (χ3v) is 2.36. The van der Waals surface area contributed by atoms with Gasteiger partial charge in [-0.3, -0.25) is 4.98 Å². The second-order valence-electron chi connectivity index (χ2n) is 3.75. The van der Waals surface area contributed by atoms with E-state index in [1.807, 2.05) is 37.3 Å². The fraction of sp³-hybridized carbons (Fsp3) is 0.143. The number of nitrogens with zero attached hydrogens (tertiary/aromatic N) is 2. The molecule has 0 bridgehead atoms. The lowest BCUT2D eigenvalue weighted by Gasteiger charge is -2.05. The topological polar surface area (TPSA) is 45.9 Å². The van der Waals surface area contributed by atoms with E-state index >= 15 is 0 Å². The molecule has 0 atom stereocenters. The third-order valence-electron chi connectivity index (χ3n) is 2.36. The van der Waals surface area contributed by atoms with Crippen LogP contribution < -0.4 is 4.74 Å². The second-order valence-corrected chi connectivity index (χ2v) is 3.75. The predicted molar refractivity (Wildman–Crippen MR) is 64.5 cm³/mol. The van der Waals surface area contributed by atoms with Crippen LogP contribution in [0.25, 0.3) is 0 Å². The highest BCUT2D eigenvalue weighted by molar-refractivity contribution is 5.28. The number of hydrogen-bond donors (Lipinski definition) is 0. The molecule has 84 valence electrons. The maximum absolute atomic E-state index is 8.64. The number of hydrogen-bond acceptors (Lipinski definition) is 3. The summed E-state index contributed by atoms with van der Waals surface area (Å²) in [5.41, 5.74) is 2.57. The minimum Gasteiger partial charge on any atom is -0.487 e. The quantitative estimate of drug-likeness (QED) is 0.805. The SMILES string of the molecule is Cc1ccc(OCc2ccc(C#N)cn2)cc1. The Hall–Kier alpha value is -2.34. The summed E-state index contributed by atoms with van der Waals surface area (Å²) in [4.78, 5) is 4.13. The minimum absolute atomic E-state index is 0.411. The molecule has 2 aromatic rings. The van der Waals surface area contributed by atoms with E-state index in [9.17, 15) is 0 Å². The highest BCUT2D eigenvalue weighted by atomic mass is 16.5.